The maximum atomic E-state index is 5.99. The standard InChI is InChI=1S/C21H15BO/c1-4-10-16(11-5-1)19-20(17-12-6-2-7-13-17)22-23-21(19)18-14-8-3-9-15-18/h1-15H. The van der Waals surface area contributed by atoms with Crippen LogP contribution < -0.4 is 0 Å². The summed E-state index contributed by atoms with van der Waals surface area (Å²) in [5, 5.41) is 0. The van der Waals surface area contributed by atoms with E-state index in [1.165, 1.54) is 5.56 Å². The second-order valence-electron chi connectivity index (χ2n) is 5.45. The molecule has 1 aromatic heterocycles. The summed E-state index contributed by atoms with van der Waals surface area (Å²) in [5.74, 6) is 0.913. The molecule has 4 aromatic rings. The average molecular weight is 294 g/mol. The average Bonchev–Trinajstić information content (AvgIpc) is 3.09. The van der Waals surface area contributed by atoms with Crippen LogP contribution >= 0.6 is 0 Å². The van der Waals surface area contributed by atoms with Gasteiger partial charge in [-0.1, -0.05) is 0 Å². The Labute approximate surface area is 136 Å². The topological polar surface area (TPSA) is 13.1 Å². The van der Waals surface area contributed by atoms with Gasteiger partial charge >= 0.3 is 136 Å². The fraction of sp³-hybridized carbons (Fsp3) is 0. The Balaban J connectivity index is 1.97. The minimum absolute atomic E-state index is 0.913. The molecule has 4 rings (SSSR count). The van der Waals surface area contributed by atoms with E-state index in [2.05, 4.69) is 60.7 Å². The van der Waals surface area contributed by atoms with Crippen LogP contribution in [0.2, 0.25) is 0 Å². The van der Waals surface area contributed by atoms with Crippen LogP contribution in [0.4, 0.5) is 0 Å². The van der Waals surface area contributed by atoms with Crippen molar-refractivity contribution >= 4 is 7.13 Å². The van der Waals surface area contributed by atoms with Crippen LogP contribution in [0.1, 0.15) is 0 Å². The van der Waals surface area contributed by atoms with Crippen LogP contribution in [0.15, 0.2) is 95.3 Å². The molecular weight excluding hydrogens is 279 g/mol. The first-order chi connectivity index (χ1) is 11.4. The molecular formula is C21H15BO. The van der Waals surface area contributed by atoms with E-state index in [0.717, 1.165) is 27.9 Å². The van der Waals surface area contributed by atoms with Gasteiger partial charge < -0.3 is 0 Å². The van der Waals surface area contributed by atoms with E-state index < -0.39 is 0 Å². The summed E-state index contributed by atoms with van der Waals surface area (Å²) in [6.45, 7) is 0. The van der Waals surface area contributed by atoms with E-state index in [-0.39, 0.29) is 0 Å². The van der Waals surface area contributed by atoms with Gasteiger partial charge in [0, 0.05) is 0 Å². The first-order valence-electron chi connectivity index (χ1n) is 7.71. The molecule has 1 heterocycles. The fourth-order valence-electron chi connectivity index (χ4n) is 2.88. The predicted octanol–water partition coefficient (Wildman–Crippen LogP) is 5.62. The van der Waals surface area contributed by atoms with Gasteiger partial charge in [0.2, 0.25) is 0 Å². The van der Waals surface area contributed by atoms with Crippen molar-refractivity contribution in [3.63, 3.8) is 0 Å². The molecule has 0 aliphatic carbocycles. The van der Waals surface area contributed by atoms with Crippen molar-refractivity contribution in [3.8, 4) is 33.5 Å². The molecule has 3 aromatic carbocycles. The van der Waals surface area contributed by atoms with Gasteiger partial charge in [-0.15, -0.1) is 0 Å². The Kier molecular flexibility index (Phi) is 3.65. The summed E-state index contributed by atoms with van der Waals surface area (Å²) in [6.07, 6.45) is 0. The molecule has 23 heavy (non-hydrogen) atoms. The second-order valence-corrected chi connectivity index (χ2v) is 5.45. The zero-order valence-corrected chi connectivity index (χ0v) is 12.6. The molecule has 0 bridgehead atoms. The van der Waals surface area contributed by atoms with Gasteiger partial charge in [-0.3, -0.25) is 0 Å². The summed E-state index contributed by atoms with van der Waals surface area (Å²) in [4.78, 5) is 0. The summed E-state index contributed by atoms with van der Waals surface area (Å²) in [5.41, 5.74) is 5.68. The van der Waals surface area contributed by atoms with Gasteiger partial charge in [0.1, 0.15) is 0 Å². The van der Waals surface area contributed by atoms with E-state index >= 15 is 0 Å². The van der Waals surface area contributed by atoms with Gasteiger partial charge in [-0.05, 0) is 0 Å². The molecule has 0 radical (unpaired) electrons. The van der Waals surface area contributed by atoms with Crippen molar-refractivity contribution in [2.75, 3.05) is 0 Å². The molecule has 1 nitrogen and oxygen atoms in total. The molecule has 0 fully saturated rings. The third-order valence-electron chi connectivity index (χ3n) is 3.97. The Morgan fingerprint density at radius 2 is 1.00 bits per heavy atom. The Morgan fingerprint density at radius 3 is 1.57 bits per heavy atom. The van der Waals surface area contributed by atoms with Crippen LogP contribution in [-0.2, 0) is 0 Å². The van der Waals surface area contributed by atoms with E-state index in [1.54, 1.807) is 0 Å². The molecule has 0 aliphatic rings. The number of rotatable bonds is 3. The van der Waals surface area contributed by atoms with Crippen LogP contribution in [0.5, 0.6) is 0 Å². The third-order valence-corrected chi connectivity index (χ3v) is 3.97. The summed E-state index contributed by atoms with van der Waals surface area (Å²) < 4.78 is 5.99. The molecule has 0 saturated heterocycles. The quantitative estimate of drug-likeness (QED) is 0.478. The van der Waals surface area contributed by atoms with E-state index in [9.17, 15) is 0 Å². The van der Waals surface area contributed by atoms with E-state index in [1.807, 2.05) is 37.5 Å². The molecule has 0 atom stereocenters. The third kappa shape index (κ3) is 2.64. The second kappa shape index (κ2) is 6.09. The number of hydrogen-bond acceptors (Lipinski definition) is 1. The molecule has 0 unspecified atom stereocenters. The molecule has 0 amide bonds. The van der Waals surface area contributed by atoms with Crippen LogP contribution in [0, 0.1) is 0 Å². The summed E-state index contributed by atoms with van der Waals surface area (Å²) in [6, 6.07) is 31.1. The van der Waals surface area contributed by atoms with Crippen LogP contribution in [0.3, 0.4) is 0 Å². The van der Waals surface area contributed by atoms with Crippen LogP contribution in [-0.4, -0.2) is 7.13 Å². The van der Waals surface area contributed by atoms with Crippen molar-refractivity contribution in [2.45, 2.75) is 0 Å². The number of hydrogen-bond donors (Lipinski definition) is 0. The van der Waals surface area contributed by atoms with E-state index in [4.69, 9.17) is 4.33 Å². The molecule has 0 N–H and O–H groups in total. The molecule has 2 heteroatoms. The van der Waals surface area contributed by atoms with Gasteiger partial charge in [-0.2, -0.15) is 0 Å². The Morgan fingerprint density at radius 1 is 0.522 bits per heavy atom. The minimum atomic E-state index is 0.913. The Bertz CT molecular complexity index is 840. The monoisotopic (exact) mass is 294 g/mol. The van der Waals surface area contributed by atoms with E-state index in [0.29, 0.717) is 0 Å². The predicted molar refractivity (Wildman–Crippen MR) is 96.4 cm³/mol. The van der Waals surface area contributed by atoms with Crippen molar-refractivity contribution < 1.29 is 4.33 Å². The van der Waals surface area contributed by atoms with Crippen molar-refractivity contribution in [1.29, 1.82) is 0 Å². The van der Waals surface area contributed by atoms with Gasteiger partial charge in [0.15, 0.2) is 0 Å². The van der Waals surface area contributed by atoms with Crippen molar-refractivity contribution in [2.24, 2.45) is 0 Å². The zero-order chi connectivity index (χ0) is 15.5. The molecule has 0 aliphatic heterocycles. The van der Waals surface area contributed by atoms with Gasteiger partial charge in [0.05, 0.1) is 0 Å². The Hall–Kier alpha value is -2.87. The summed E-state index contributed by atoms with van der Waals surface area (Å²) in [7, 11) is 1.86. The molecule has 0 spiro atoms. The van der Waals surface area contributed by atoms with Gasteiger partial charge in [0.25, 0.3) is 0 Å². The normalized spacial score (nSPS) is 10.4. The van der Waals surface area contributed by atoms with Gasteiger partial charge in [-0.25, -0.2) is 0 Å². The fourth-order valence-corrected chi connectivity index (χ4v) is 2.88. The van der Waals surface area contributed by atoms with Crippen LogP contribution in [0.25, 0.3) is 33.5 Å². The SMILES string of the molecule is b1oc(-c2ccccc2)c(-c2ccccc2)c1-c1ccccc1. The molecule has 0 saturated carbocycles. The zero-order valence-electron chi connectivity index (χ0n) is 12.6. The first kappa shape index (κ1) is 13.8. The number of benzene rings is 3. The summed E-state index contributed by atoms with van der Waals surface area (Å²) >= 11 is 0. The van der Waals surface area contributed by atoms with Crippen molar-refractivity contribution in [3.05, 3.63) is 91.0 Å². The molecule has 108 valence electrons. The maximum absolute atomic E-state index is 5.99. The first-order valence-corrected chi connectivity index (χ1v) is 7.71. The van der Waals surface area contributed by atoms with Crippen molar-refractivity contribution in [1.82, 2.24) is 0 Å².